The summed E-state index contributed by atoms with van der Waals surface area (Å²) in [6.07, 6.45) is 4.15. The first-order valence-corrected chi connectivity index (χ1v) is 9.14. The van der Waals surface area contributed by atoms with Gasteiger partial charge in [0.15, 0.2) is 6.61 Å². The van der Waals surface area contributed by atoms with E-state index in [0.29, 0.717) is 5.92 Å². The van der Waals surface area contributed by atoms with Crippen molar-refractivity contribution >= 4 is 17.8 Å². The molecule has 2 amide bonds. The van der Waals surface area contributed by atoms with Crippen LogP contribution in [0.15, 0.2) is 24.3 Å². The van der Waals surface area contributed by atoms with Gasteiger partial charge in [-0.05, 0) is 30.9 Å². The Hall–Kier alpha value is -2.71. The highest BCUT2D eigenvalue weighted by molar-refractivity contribution is 5.98. The maximum Gasteiger partial charge on any atom is 0.387 e. The maximum atomic E-state index is 12.4. The van der Waals surface area contributed by atoms with Crippen LogP contribution in [0.2, 0.25) is 0 Å². The van der Waals surface area contributed by atoms with Crippen molar-refractivity contribution in [2.45, 2.75) is 45.3 Å². The summed E-state index contributed by atoms with van der Waals surface area (Å²) in [6.45, 7) is -1.96. The molecule has 7 nitrogen and oxygen atoms in total. The van der Waals surface area contributed by atoms with Crippen LogP contribution in [0.3, 0.4) is 0 Å². The van der Waals surface area contributed by atoms with Gasteiger partial charge >= 0.3 is 12.6 Å². The van der Waals surface area contributed by atoms with Crippen LogP contribution < -0.4 is 15.4 Å². The van der Waals surface area contributed by atoms with Gasteiger partial charge in [-0.3, -0.25) is 14.4 Å². The zero-order valence-corrected chi connectivity index (χ0v) is 15.6. The molecule has 28 heavy (non-hydrogen) atoms. The van der Waals surface area contributed by atoms with Crippen molar-refractivity contribution in [1.29, 1.82) is 0 Å². The first-order valence-electron chi connectivity index (χ1n) is 9.14. The SMILES string of the molecule is C[C@@H]1CCCC[C@H]1NC(=O)COC(=O)CNC(=O)c1ccccc1OC(F)F. The van der Waals surface area contributed by atoms with E-state index in [1.165, 1.54) is 24.3 Å². The highest BCUT2D eigenvalue weighted by Gasteiger charge is 2.23. The zero-order valence-electron chi connectivity index (χ0n) is 15.6. The van der Waals surface area contributed by atoms with E-state index in [2.05, 4.69) is 22.3 Å². The molecule has 0 aromatic heterocycles. The van der Waals surface area contributed by atoms with Crippen LogP contribution in [0.25, 0.3) is 0 Å². The molecule has 1 aliphatic carbocycles. The van der Waals surface area contributed by atoms with Gasteiger partial charge in [0.1, 0.15) is 12.3 Å². The van der Waals surface area contributed by atoms with Crippen LogP contribution in [0.5, 0.6) is 5.75 Å². The third kappa shape index (κ3) is 6.79. The third-order valence-corrected chi connectivity index (χ3v) is 4.56. The molecule has 1 saturated carbocycles. The summed E-state index contributed by atoms with van der Waals surface area (Å²) in [5.41, 5.74) is -0.139. The Morgan fingerprint density at radius 2 is 1.89 bits per heavy atom. The van der Waals surface area contributed by atoms with Gasteiger partial charge in [-0.25, -0.2) is 0 Å². The number of hydrogen-bond donors (Lipinski definition) is 2. The molecule has 1 fully saturated rings. The van der Waals surface area contributed by atoms with Crippen LogP contribution in [0, 0.1) is 5.92 Å². The number of amides is 2. The summed E-state index contributed by atoms with van der Waals surface area (Å²) in [5.74, 6) is -1.90. The van der Waals surface area contributed by atoms with Crippen LogP contribution in [0.1, 0.15) is 43.0 Å². The van der Waals surface area contributed by atoms with E-state index in [9.17, 15) is 23.2 Å². The average molecular weight is 398 g/mol. The van der Waals surface area contributed by atoms with Gasteiger partial charge in [-0.15, -0.1) is 0 Å². The number of carbonyl (C=O) groups excluding carboxylic acids is 3. The van der Waals surface area contributed by atoms with Gasteiger partial charge in [0.05, 0.1) is 5.56 Å². The second kappa shape index (κ2) is 10.6. The molecule has 2 atom stereocenters. The Balaban J connectivity index is 1.75. The summed E-state index contributed by atoms with van der Waals surface area (Å²) in [7, 11) is 0. The van der Waals surface area contributed by atoms with E-state index >= 15 is 0 Å². The van der Waals surface area contributed by atoms with Crippen LogP contribution in [-0.4, -0.2) is 43.6 Å². The van der Waals surface area contributed by atoms with E-state index < -0.39 is 37.5 Å². The molecule has 154 valence electrons. The Labute approximate surface area is 161 Å². The van der Waals surface area contributed by atoms with E-state index in [0.717, 1.165) is 25.7 Å². The molecule has 2 N–H and O–H groups in total. The number of ether oxygens (including phenoxy) is 2. The topological polar surface area (TPSA) is 93.7 Å². The number of halogens is 2. The molecule has 9 heteroatoms. The van der Waals surface area contributed by atoms with Crippen molar-refractivity contribution in [3.05, 3.63) is 29.8 Å². The number of para-hydroxylation sites is 1. The van der Waals surface area contributed by atoms with Crippen molar-refractivity contribution in [2.24, 2.45) is 5.92 Å². The van der Waals surface area contributed by atoms with Crippen molar-refractivity contribution in [3.63, 3.8) is 0 Å². The normalized spacial score (nSPS) is 19.0. The Morgan fingerprint density at radius 3 is 2.61 bits per heavy atom. The zero-order chi connectivity index (χ0) is 20.5. The molecule has 0 radical (unpaired) electrons. The lowest BCUT2D eigenvalue weighted by atomic mass is 9.86. The highest BCUT2D eigenvalue weighted by Crippen LogP contribution is 2.23. The Morgan fingerprint density at radius 1 is 1.18 bits per heavy atom. The van der Waals surface area contributed by atoms with Crippen LogP contribution >= 0.6 is 0 Å². The fraction of sp³-hybridized carbons (Fsp3) is 0.526. The lowest BCUT2D eigenvalue weighted by Crippen LogP contribution is -2.43. The monoisotopic (exact) mass is 398 g/mol. The number of nitrogens with one attached hydrogen (secondary N) is 2. The van der Waals surface area contributed by atoms with Crippen molar-refractivity contribution in [2.75, 3.05) is 13.2 Å². The molecule has 0 bridgehead atoms. The fourth-order valence-electron chi connectivity index (χ4n) is 3.08. The Kier molecular flexibility index (Phi) is 8.16. The summed E-state index contributed by atoms with van der Waals surface area (Å²) in [6, 6.07) is 5.50. The molecule has 2 rings (SSSR count). The summed E-state index contributed by atoms with van der Waals surface area (Å²) < 4.78 is 33.9. The molecule has 1 aromatic carbocycles. The number of alkyl halides is 2. The van der Waals surface area contributed by atoms with Crippen molar-refractivity contribution < 1.29 is 32.6 Å². The molecule has 1 aliphatic rings. The summed E-state index contributed by atoms with van der Waals surface area (Å²) in [5, 5.41) is 5.10. The first-order chi connectivity index (χ1) is 13.4. The second-order valence-electron chi connectivity index (χ2n) is 6.65. The van der Waals surface area contributed by atoms with Gasteiger partial charge in [-0.1, -0.05) is 31.9 Å². The molecular formula is C19H24F2N2O5. The highest BCUT2D eigenvalue weighted by atomic mass is 19.3. The molecule has 0 unspecified atom stereocenters. The van der Waals surface area contributed by atoms with Crippen LogP contribution in [0.4, 0.5) is 8.78 Å². The number of benzene rings is 1. The quantitative estimate of drug-likeness (QED) is 0.655. The number of esters is 1. The van der Waals surface area contributed by atoms with Gasteiger partial charge < -0.3 is 20.1 Å². The standard InChI is InChI=1S/C19H24F2N2O5/c1-12-6-2-4-8-14(12)23-16(24)11-27-17(25)10-22-18(26)13-7-3-5-9-15(13)28-19(20)21/h3,5,7,9,12,14,19H,2,4,6,8,10-11H2,1H3,(H,22,26)(H,23,24)/t12-,14-/m1/s1. The van der Waals surface area contributed by atoms with Crippen molar-refractivity contribution in [1.82, 2.24) is 10.6 Å². The molecule has 0 aliphatic heterocycles. The maximum absolute atomic E-state index is 12.4. The minimum absolute atomic E-state index is 0.0750. The van der Waals surface area contributed by atoms with E-state index in [1.807, 2.05) is 0 Å². The molecule has 0 heterocycles. The Bertz CT molecular complexity index is 699. The molecular weight excluding hydrogens is 374 g/mol. The third-order valence-electron chi connectivity index (χ3n) is 4.56. The molecule has 1 aromatic rings. The van der Waals surface area contributed by atoms with Gasteiger partial charge in [-0.2, -0.15) is 8.78 Å². The van der Waals surface area contributed by atoms with Gasteiger partial charge in [0, 0.05) is 6.04 Å². The predicted octanol–water partition coefficient (Wildman–Crippen LogP) is 2.26. The largest absolute Gasteiger partial charge is 0.454 e. The lowest BCUT2D eigenvalue weighted by molar-refractivity contribution is -0.147. The summed E-state index contributed by atoms with van der Waals surface area (Å²) >= 11 is 0. The minimum Gasteiger partial charge on any atom is -0.454 e. The van der Waals surface area contributed by atoms with Gasteiger partial charge in [0.2, 0.25) is 0 Å². The van der Waals surface area contributed by atoms with Crippen molar-refractivity contribution in [3.8, 4) is 5.75 Å². The molecule has 0 saturated heterocycles. The van der Waals surface area contributed by atoms with Crippen LogP contribution in [-0.2, 0) is 14.3 Å². The number of rotatable bonds is 8. The fourth-order valence-corrected chi connectivity index (χ4v) is 3.08. The predicted molar refractivity (Wildman–Crippen MR) is 95.9 cm³/mol. The smallest absolute Gasteiger partial charge is 0.387 e. The summed E-state index contributed by atoms with van der Waals surface area (Å²) in [4.78, 5) is 35.7. The lowest BCUT2D eigenvalue weighted by Gasteiger charge is -2.29. The average Bonchev–Trinajstić information content (AvgIpc) is 2.66. The molecule has 0 spiro atoms. The van der Waals surface area contributed by atoms with E-state index in [1.54, 1.807) is 0 Å². The first kappa shape index (κ1) is 21.6. The number of carbonyl (C=O) groups is 3. The number of hydrogen-bond acceptors (Lipinski definition) is 5. The minimum atomic E-state index is -3.08. The van der Waals surface area contributed by atoms with E-state index in [-0.39, 0.29) is 17.4 Å². The second-order valence-corrected chi connectivity index (χ2v) is 6.65. The van der Waals surface area contributed by atoms with Gasteiger partial charge in [0.25, 0.3) is 11.8 Å². The van der Waals surface area contributed by atoms with E-state index in [4.69, 9.17) is 4.74 Å².